The van der Waals surface area contributed by atoms with Gasteiger partial charge < -0.3 is 4.74 Å². The van der Waals surface area contributed by atoms with Crippen LogP contribution in [0.5, 0.6) is 0 Å². The zero-order valence-corrected chi connectivity index (χ0v) is 5.91. The summed E-state index contributed by atoms with van der Waals surface area (Å²) >= 11 is 0. The molecule has 1 aliphatic rings. The van der Waals surface area contributed by atoms with E-state index in [0.717, 1.165) is 13.2 Å². The van der Waals surface area contributed by atoms with Gasteiger partial charge in [0.2, 0.25) is 0 Å². The molecule has 0 aliphatic carbocycles. The van der Waals surface area contributed by atoms with Crippen LogP contribution in [0.1, 0.15) is 0 Å². The molecule has 1 atom stereocenters. The van der Waals surface area contributed by atoms with Gasteiger partial charge in [-0.1, -0.05) is 5.92 Å². The number of ether oxygens (including phenoxy) is 1. The van der Waals surface area contributed by atoms with Gasteiger partial charge in [-0.25, -0.2) is 0 Å². The summed E-state index contributed by atoms with van der Waals surface area (Å²) in [5.74, 6) is 2.57. The van der Waals surface area contributed by atoms with Crippen LogP contribution in [0, 0.1) is 12.3 Å². The number of halogens is 1. The third-order valence-corrected chi connectivity index (χ3v) is 1.12. The van der Waals surface area contributed by atoms with Crippen molar-refractivity contribution in [1.29, 1.82) is 0 Å². The van der Waals surface area contributed by atoms with Crippen LogP contribution in [0.4, 0.5) is 0 Å². The largest absolute Gasteiger partial charge is 0.377 e. The van der Waals surface area contributed by atoms with Crippen LogP contribution < -0.4 is 5.32 Å². The highest BCUT2D eigenvalue weighted by atomic mass is 35.5. The third kappa shape index (κ3) is 2.71. The van der Waals surface area contributed by atoms with Crippen molar-refractivity contribution in [2.75, 3.05) is 19.8 Å². The zero-order valence-electron chi connectivity index (χ0n) is 5.09. The minimum atomic E-state index is 0. The van der Waals surface area contributed by atoms with E-state index in [1.54, 1.807) is 0 Å². The summed E-state index contributed by atoms with van der Waals surface area (Å²) in [5.41, 5.74) is 0. The summed E-state index contributed by atoms with van der Waals surface area (Å²) in [6.07, 6.45) is 5.11. The summed E-state index contributed by atoms with van der Waals surface area (Å²) in [7, 11) is 0. The molecule has 3 heteroatoms. The predicted molar refractivity (Wildman–Crippen MR) is 38.7 cm³/mol. The molecule has 1 N–H and O–H groups in total. The van der Waals surface area contributed by atoms with Crippen LogP contribution in [0.3, 0.4) is 0 Å². The van der Waals surface area contributed by atoms with E-state index in [9.17, 15) is 0 Å². The maximum absolute atomic E-state index is 5.11. The van der Waals surface area contributed by atoms with Gasteiger partial charge in [0.05, 0.1) is 19.3 Å². The first-order valence-electron chi connectivity index (χ1n) is 2.71. The van der Waals surface area contributed by atoms with Gasteiger partial charge in [-0.05, 0) is 0 Å². The third-order valence-electron chi connectivity index (χ3n) is 1.12. The van der Waals surface area contributed by atoms with Crippen LogP contribution in [0.15, 0.2) is 0 Å². The molecule has 0 radical (unpaired) electrons. The lowest BCUT2D eigenvalue weighted by Gasteiger charge is -2.18. The van der Waals surface area contributed by atoms with Crippen molar-refractivity contribution in [3.05, 3.63) is 0 Å². The fourth-order valence-electron chi connectivity index (χ4n) is 0.672. The van der Waals surface area contributed by atoms with E-state index in [2.05, 4.69) is 11.2 Å². The highest BCUT2D eigenvalue weighted by molar-refractivity contribution is 5.85. The number of nitrogens with one attached hydrogen (secondary N) is 1. The summed E-state index contributed by atoms with van der Waals surface area (Å²) in [6.45, 7) is 2.34. The fourth-order valence-corrected chi connectivity index (χ4v) is 0.672. The molecule has 0 spiro atoms. The SMILES string of the molecule is C#CC1COCCN1.Cl. The number of hydrogen-bond acceptors (Lipinski definition) is 2. The van der Waals surface area contributed by atoms with Crippen molar-refractivity contribution in [3.63, 3.8) is 0 Å². The van der Waals surface area contributed by atoms with E-state index in [0.29, 0.717) is 6.61 Å². The van der Waals surface area contributed by atoms with Gasteiger partial charge in [0.25, 0.3) is 0 Å². The lowest BCUT2D eigenvalue weighted by molar-refractivity contribution is 0.0926. The van der Waals surface area contributed by atoms with Crippen LogP contribution in [-0.4, -0.2) is 25.8 Å². The van der Waals surface area contributed by atoms with Crippen molar-refractivity contribution in [1.82, 2.24) is 5.32 Å². The average Bonchev–Trinajstić information content (AvgIpc) is 1.90. The summed E-state index contributed by atoms with van der Waals surface area (Å²) in [4.78, 5) is 0. The number of hydrogen-bond donors (Lipinski definition) is 1. The smallest absolute Gasteiger partial charge is 0.0924 e. The van der Waals surface area contributed by atoms with Crippen LogP contribution in [0.25, 0.3) is 0 Å². The molecule has 52 valence electrons. The molecule has 2 nitrogen and oxygen atoms in total. The van der Waals surface area contributed by atoms with Gasteiger partial charge in [0.15, 0.2) is 0 Å². The molecular formula is C6H10ClNO. The predicted octanol–water partition coefficient (Wildman–Crippen LogP) is 0.0298. The normalized spacial score (nSPS) is 25.9. The summed E-state index contributed by atoms with van der Waals surface area (Å²) in [6, 6.07) is 0.142. The topological polar surface area (TPSA) is 21.3 Å². The van der Waals surface area contributed by atoms with E-state index in [1.165, 1.54) is 0 Å². The molecule has 1 heterocycles. The Morgan fingerprint density at radius 1 is 1.67 bits per heavy atom. The van der Waals surface area contributed by atoms with Crippen molar-refractivity contribution in [2.45, 2.75) is 6.04 Å². The van der Waals surface area contributed by atoms with Crippen molar-refractivity contribution in [3.8, 4) is 12.3 Å². The Bertz CT molecular complexity index is 104. The van der Waals surface area contributed by atoms with Crippen LogP contribution in [0.2, 0.25) is 0 Å². The Morgan fingerprint density at radius 3 is 2.78 bits per heavy atom. The monoisotopic (exact) mass is 147 g/mol. The van der Waals surface area contributed by atoms with Gasteiger partial charge in [-0.15, -0.1) is 18.8 Å². The average molecular weight is 148 g/mol. The maximum atomic E-state index is 5.11. The Morgan fingerprint density at radius 2 is 2.44 bits per heavy atom. The van der Waals surface area contributed by atoms with Crippen LogP contribution >= 0.6 is 12.4 Å². The second-order valence-corrected chi connectivity index (χ2v) is 1.75. The number of rotatable bonds is 0. The highest BCUT2D eigenvalue weighted by Crippen LogP contribution is 1.88. The fraction of sp³-hybridized carbons (Fsp3) is 0.667. The van der Waals surface area contributed by atoms with E-state index < -0.39 is 0 Å². The lowest BCUT2D eigenvalue weighted by Crippen LogP contribution is -2.39. The highest BCUT2D eigenvalue weighted by Gasteiger charge is 2.07. The Kier molecular flexibility index (Phi) is 4.51. The molecule has 0 aromatic heterocycles. The Labute approximate surface area is 61.4 Å². The maximum Gasteiger partial charge on any atom is 0.0924 e. The standard InChI is InChI=1S/C6H9NO.ClH/c1-2-6-5-8-4-3-7-6;/h1,6-7H,3-5H2;1H. The molecular weight excluding hydrogens is 138 g/mol. The van der Waals surface area contributed by atoms with Gasteiger partial charge in [0.1, 0.15) is 0 Å². The van der Waals surface area contributed by atoms with E-state index in [-0.39, 0.29) is 18.4 Å². The second kappa shape index (κ2) is 4.63. The molecule has 0 amide bonds. The second-order valence-electron chi connectivity index (χ2n) is 1.75. The molecule has 0 aromatic carbocycles. The molecule has 1 saturated heterocycles. The van der Waals surface area contributed by atoms with Crippen molar-refractivity contribution in [2.24, 2.45) is 0 Å². The van der Waals surface area contributed by atoms with Crippen LogP contribution in [-0.2, 0) is 4.74 Å². The van der Waals surface area contributed by atoms with Gasteiger partial charge >= 0.3 is 0 Å². The van der Waals surface area contributed by atoms with E-state index >= 15 is 0 Å². The number of terminal acetylenes is 1. The summed E-state index contributed by atoms with van der Waals surface area (Å²) < 4.78 is 5.07. The van der Waals surface area contributed by atoms with Gasteiger partial charge in [-0.3, -0.25) is 5.32 Å². The Balaban J connectivity index is 0.000000640. The van der Waals surface area contributed by atoms with Gasteiger partial charge in [-0.2, -0.15) is 0 Å². The number of morpholine rings is 1. The quantitative estimate of drug-likeness (QED) is 0.489. The molecule has 1 aliphatic heterocycles. The minimum Gasteiger partial charge on any atom is -0.377 e. The van der Waals surface area contributed by atoms with Gasteiger partial charge in [0, 0.05) is 6.54 Å². The molecule has 1 unspecified atom stereocenters. The molecule has 0 aromatic rings. The molecule has 9 heavy (non-hydrogen) atoms. The molecule has 1 fully saturated rings. The molecule has 1 rings (SSSR count). The van der Waals surface area contributed by atoms with Crippen molar-refractivity contribution >= 4 is 12.4 Å². The summed E-state index contributed by atoms with van der Waals surface area (Å²) in [5, 5.41) is 3.11. The molecule has 0 saturated carbocycles. The van der Waals surface area contributed by atoms with Crippen molar-refractivity contribution < 1.29 is 4.74 Å². The lowest BCUT2D eigenvalue weighted by atomic mass is 10.3. The molecule has 0 bridgehead atoms. The minimum absolute atomic E-state index is 0. The first-order valence-corrected chi connectivity index (χ1v) is 2.71. The zero-order chi connectivity index (χ0) is 5.82. The van der Waals surface area contributed by atoms with E-state index in [4.69, 9.17) is 11.2 Å². The Hall–Kier alpha value is -0.230. The first kappa shape index (κ1) is 8.77. The van der Waals surface area contributed by atoms with E-state index in [1.807, 2.05) is 0 Å². The first-order chi connectivity index (χ1) is 3.93.